The molecule has 3 N–H and O–H groups in total. The minimum atomic E-state index is -5.20. The van der Waals surface area contributed by atoms with Crippen LogP contribution in [0.3, 0.4) is 0 Å². The minimum absolute atomic E-state index is 0.0970. The number of alkyl halides is 3. The van der Waals surface area contributed by atoms with Gasteiger partial charge in [-0.3, -0.25) is 10.2 Å². The minimum Gasteiger partial charge on any atom is -0.480 e. The van der Waals surface area contributed by atoms with Crippen molar-refractivity contribution in [3.63, 3.8) is 0 Å². The summed E-state index contributed by atoms with van der Waals surface area (Å²) < 4.78 is 48.3. The Morgan fingerprint density at radius 3 is 2.26 bits per heavy atom. The van der Waals surface area contributed by atoms with Crippen LogP contribution in [0.2, 0.25) is 0 Å². The molecular weight excluding hydrogens is 503 g/mol. The van der Waals surface area contributed by atoms with Gasteiger partial charge in [0.1, 0.15) is 11.6 Å². The van der Waals surface area contributed by atoms with Crippen molar-refractivity contribution < 1.29 is 32.2 Å². The van der Waals surface area contributed by atoms with Gasteiger partial charge in [-0.1, -0.05) is 24.3 Å². The third-order valence-electron chi connectivity index (χ3n) is 6.26. The Balaban J connectivity index is 1.46. The third kappa shape index (κ3) is 5.74. The maximum atomic E-state index is 13.1. The average Bonchev–Trinajstić information content (AvgIpc) is 2.92. The molecule has 0 spiro atoms. The van der Waals surface area contributed by atoms with E-state index in [1.54, 1.807) is 53.4 Å². The first kappa shape index (κ1) is 26.6. The van der Waals surface area contributed by atoms with Crippen LogP contribution in [0.4, 0.5) is 13.2 Å². The Morgan fingerprint density at radius 2 is 1.71 bits per heavy atom. The number of likely N-dealkylation sites (tertiary alicyclic amines) is 1. The Hall–Kier alpha value is -4.48. The number of rotatable bonds is 6. The Kier molecular flexibility index (Phi) is 7.60. The van der Waals surface area contributed by atoms with Crippen LogP contribution in [0.5, 0.6) is 11.6 Å². The number of amidine groups is 1. The van der Waals surface area contributed by atoms with Gasteiger partial charge in [0.15, 0.2) is 0 Å². The summed E-state index contributed by atoms with van der Waals surface area (Å²) >= 11 is 0. The van der Waals surface area contributed by atoms with Crippen molar-refractivity contribution in [2.75, 3.05) is 20.2 Å². The topological polar surface area (TPSA) is 131 Å². The molecule has 9 nitrogen and oxygen atoms in total. The molecule has 0 unspecified atom stereocenters. The number of hydrogen-bond acceptors (Lipinski definition) is 7. The number of nitrogens with one attached hydrogen (secondary N) is 1. The van der Waals surface area contributed by atoms with E-state index in [9.17, 15) is 22.8 Å². The second-order valence-electron chi connectivity index (χ2n) is 8.63. The van der Waals surface area contributed by atoms with Gasteiger partial charge in [-0.25, -0.2) is 4.79 Å². The average molecular weight is 528 g/mol. The number of para-hydroxylation sites is 1. The Morgan fingerprint density at radius 1 is 1.03 bits per heavy atom. The van der Waals surface area contributed by atoms with Crippen molar-refractivity contribution in [2.45, 2.75) is 24.9 Å². The van der Waals surface area contributed by atoms with E-state index in [1.807, 2.05) is 0 Å². The number of methoxy groups -OCH3 is 1. The molecule has 2 heterocycles. The van der Waals surface area contributed by atoms with Gasteiger partial charge in [0.25, 0.3) is 5.91 Å². The molecule has 0 saturated carbocycles. The summed E-state index contributed by atoms with van der Waals surface area (Å²) in [5, 5.41) is 15.7. The van der Waals surface area contributed by atoms with Crippen molar-refractivity contribution in [3.05, 3.63) is 71.3 Å². The fourth-order valence-electron chi connectivity index (χ4n) is 4.30. The van der Waals surface area contributed by atoms with Crippen LogP contribution in [-0.2, 0) is 4.79 Å². The SMILES string of the molecule is COc1ccc(-c2ccc(C(=O)N3CCC(c4cccc(C(=N)N)c4OC(=O)C(F)(F)F)CC3)cc2)nn1. The molecule has 38 heavy (non-hydrogen) atoms. The summed E-state index contributed by atoms with van der Waals surface area (Å²) in [6, 6.07) is 14.8. The summed E-state index contributed by atoms with van der Waals surface area (Å²) in [6.45, 7) is 0.679. The highest BCUT2D eigenvalue weighted by Gasteiger charge is 2.42. The second-order valence-corrected chi connectivity index (χ2v) is 8.63. The van der Waals surface area contributed by atoms with Crippen LogP contribution in [0.25, 0.3) is 11.3 Å². The summed E-state index contributed by atoms with van der Waals surface area (Å²) in [6.07, 6.45) is -4.36. The van der Waals surface area contributed by atoms with Crippen molar-refractivity contribution >= 4 is 17.7 Å². The number of nitrogens with two attached hydrogens (primary N) is 1. The molecule has 1 aliphatic rings. The van der Waals surface area contributed by atoms with Gasteiger partial charge in [0, 0.05) is 30.3 Å². The number of amides is 1. The maximum Gasteiger partial charge on any atom is 0.491 e. The monoisotopic (exact) mass is 527 g/mol. The number of esters is 1. The van der Waals surface area contributed by atoms with Crippen molar-refractivity contribution in [1.29, 1.82) is 5.41 Å². The van der Waals surface area contributed by atoms with Gasteiger partial charge >= 0.3 is 12.1 Å². The van der Waals surface area contributed by atoms with Gasteiger partial charge in [-0.2, -0.15) is 13.2 Å². The summed E-state index contributed by atoms with van der Waals surface area (Å²) in [7, 11) is 1.50. The number of aromatic nitrogens is 2. The summed E-state index contributed by atoms with van der Waals surface area (Å²) in [4.78, 5) is 26.3. The molecule has 1 amide bonds. The zero-order chi connectivity index (χ0) is 27.4. The van der Waals surface area contributed by atoms with Gasteiger partial charge in [-0.05, 0) is 48.6 Å². The quantitative estimate of drug-likeness (QED) is 0.215. The fourth-order valence-corrected chi connectivity index (χ4v) is 4.30. The molecule has 1 fully saturated rings. The first-order valence-corrected chi connectivity index (χ1v) is 11.6. The van der Waals surface area contributed by atoms with E-state index in [-0.39, 0.29) is 23.1 Å². The van der Waals surface area contributed by atoms with Crippen molar-refractivity contribution in [1.82, 2.24) is 15.1 Å². The molecule has 1 saturated heterocycles. The summed E-state index contributed by atoms with van der Waals surface area (Å²) in [5.74, 6) is -3.37. The second kappa shape index (κ2) is 10.9. The van der Waals surface area contributed by atoms with Crippen molar-refractivity contribution in [3.8, 4) is 22.9 Å². The lowest BCUT2D eigenvalue weighted by atomic mass is 9.87. The number of benzene rings is 2. The number of ether oxygens (including phenoxy) is 2. The lowest BCUT2D eigenvalue weighted by Crippen LogP contribution is -2.38. The van der Waals surface area contributed by atoms with E-state index in [0.29, 0.717) is 48.6 Å². The highest BCUT2D eigenvalue weighted by Crippen LogP contribution is 2.37. The maximum absolute atomic E-state index is 13.1. The zero-order valence-corrected chi connectivity index (χ0v) is 20.3. The number of carbonyl (C=O) groups is 2. The van der Waals surface area contributed by atoms with Crippen LogP contribution in [0.1, 0.15) is 40.2 Å². The molecular formula is C26H24F3N5O4. The van der Waals surface area contributed by atoms with Crippen LogP contribution in [-0.4, -0.2) is 59.2 Å². The molecule has 1 aliphatic heterocycles. The van der Waals surface area contributed by atoms with Gasteiger partial charge in [0.05, 0.1) is 18.4 Å². The van der Waals surface area contributed by atoms with Gasteiger partial charge in [0.2, 0.25) is 5.88 Å². The molecule has 3 aromatic rings. The molecule has 0 radical (unpaired) electrons. The molecule has 1 aromatic heterocycles. The lowest BCUT2D eigenvalue weighted by Gasteiger charge is -2.33. The molecule has 12 heteroatoms. The Bertz CT molecular complexity index is 1340. The lowest BCUT2D eigenvalue weighted by molar-refractivity contribution is -0.189. The zero-order valence-electron chi connectivity index (χ0n) is 20.3. The van der Waals surface area contributed by atoms with E-state index >= 15 is 0 Å². The molecule has 198 valence electrons. The highest BCUT2D eigenvalue weighted by atomic mass is 19.4. The molecule has 0 atom stereocenters. The van der Waals surface area contributed by atoms with Crippen LogP contribution in [0.15, 0.2) is 54.6 Å². The van der Waals surface area contributed by atoms with Crippen LogP contribution >= 0.6 is 0 Å². The smallest absolute Gasteiger partial charge is 0.480 e. The number of halogens is 3. The van der Waals surface area contributed by atoms with Crippen LogP contribution in [0, 0.1) is 5.41 Å². The van der Waals surface area contributed by atoms with E-state index in [0.717, 1.165) is 5.56 Å². The van der Waals surface area contributed by atoms with Crippen LogP contribution < -0.4 is 15.2 Å². The summed E-state index contributed by atoms with van der Waals surface area (Å²) in [5.41, 5.74) is 7.66. The van der Waals surface area contributed by atoms with Gasteiger partial charge in [-0.15, -0.1) is 10.2 Å². The molecule has 2 aromatic carbocycles. The first-order valence-electron chi connectivity index (χ1n) is 11.6. The van der Waals surface area contributed by atoms with E-state index in [4.69, 9.17) is 15.9 Å². The molecule has 0 bridgehead atoms. The number of piperidine rings is 1. The predicted octanol–water partition coefficient (Wildman–Crippen LogP) is 3.92. The van der Waals surface area contributed by atoms with E-state index < -0.39 is 18.0 Å². The number of nitrogens with zero attached hydrogens (tertiary/aromatic N) is 3. The number of hydrogen-bond donors (Lipinski definition) is 2. The predicted molar refractivity (Wildman–Crippen MR) is 131 cm³/mol. The van der Waals surface area contributed by atoms with Crippen molar-refractivity contribution in [2.24, 2.45) is 5.73 Å². The standard InChI is InChI=1S/C26H24F3N5O4/c1-37-21-10-9-20(32-33-21)16-5-7-17(8-6-16)24(35)34-13-11-15(12-14-34)18-3-2-4-19(23(30)31)22(18)38-25(36)26(27,28)29/h2-10,15H,11-14H2,1H3,(H3,30,31). The first-order chi connectivity index (χ1) is 18.1. The largest absolute Gasteiger partial charge is 0.491 e. The third-order valence-corrected chi connectivity index (χ3v) is 6.26. The number of nitrogen functional groups attached to an aromatic ring is 1. The molecule has 4 rings (SSSR count). The highest BCUT2D eigenvalue weighted by molar-refractivity contribution is 5.99. The normalized spacial score (nSPS) is 14.2. The van der Waals surface area contributed by atoms with E-state index in [1.165, 1.54) is 13.2 Å². The fraction of sp³-hybridized carbons (Fsp3) is 0.269. The van der Waals surface area contributed by atoms with E-state index in [2.05, 4.69) is 14.9 Å². The molecule has 0 aliphatic carbocycles. The number of carbonyl (C=O) groups excluding carboxylic acids is 2. The van der Waals surface area contributed by atoms with Gasteiger partial charge < -0.3 is 20.1 Å². The Labute approximate surface area is 215 Å².